The first-order valence-electron chi connectivity index (χ1n) is 8.69. The first-order valence-corrected chi connectivity index (χ1v) is 9.57. The number of carbonyl (C=O) groups is 1. The van der Waals surface area contributed by atoms with Gasteiger partial charge in [0.1, 0.15) is 5.01 Å². The predicted molar refractivity (Wildman–Crippen MR) is 99.2 cm³/mol. The van der Waals surface area contributed by atoms with E-state index in [9.17, 15) is 4.79 Å². The number of hydrogen-bond donors (Lipinski definition) is 2. The molecule has 24 heavy (non-hydrogen) atoms. The normalized spacial score (nSPS) is 20.8. The molecule has 2 aromatic rings. The Morgan fingerprint density at radius 2 is 2.17 bits per heavy atom. The van der Waals surface area contributed by atoms with Gasteiger partial charge in [0, 0.05) is 17.0 Å². The lowest BCUT2D eigenvalue weighted by Gasteiger charge is -2.30. The molecule has 2 N–H and O–H groups in total. The molecule has 1 aromatic heterocycles. The highest BCUT2D eigenvalue weighted by Crippen LogP contribution is 2.24. The number of aromatic nitrogens is 1. The Hall–Kier alpha value is -1.72. The van der Waals surface area contributed by atoms with E-state index in [1.165, 1.54) is 5.56 Å². The second-order valence-corrected chi connectivity index (χ2v) is 7.37. The summed E-state index contributed by atoms with van der Waals surface area (Å²) in [6, 6.07) is 8.78. The molecule has 0 bridgehead atoms. The van der Waals surface area contributed by atoms with E-state index in [0.29, 0.717) is 12.3 Å². The third-order valence-corrected chi connectivity index (χ3v) is 5.57. The quantitative estimate of drug-likeness (QED) is 0.877. The van der Waals surface area contributed by atoms with Crippen molar-refractivity contribution in [2.45, 2.75) is 39.2 Å². The number of nitrogens with zero attached hydrogens (tertiary/aromatic N) is 1. The maximum atomic E-state index is 12.3. The van der Waals surface area contributed by atoms with E-state index in [2.05, 4.69) is 53.7 Å². The summed E-state index contributed by atoms with van der Waals surface area (Å²) in [5.74, 6) is 0.553. The predicted octanol–water partition coefficient (Wildman–Crippen LogP) is 3.03. The molecule has 0 aliphatic carbocycles. The summed E-state index contributed by atoms with van der Waals surface area (Å²) in [4.78, 5) is 16.9. The average molecular weight is 343 g/mol. The lowest BCUT2D eigenvalue weighted by molar-refractivity contribution is -0.121. The van der Waals surface area contributed by atoms with Crippen molar-refractivity contribution in [3.63, 3.8) is 0 Å². The Kier molecular flexibility index (Phi) is 5.63. The maximum absolute atomic E-state index is 12.3. The first kappa shape index (κ1) is 17.1. The molecule has 1 aliphatic rings. The molecule has 2 unspecified atom stereocenters. The van der Waals surface area contributed by atoms with Crippen molar-refractivity contribution >= 4 is 17.2 Å². The summed E-state index contributed by atoms with van der Waals surface area (Å²) in [5, 5.41) is 9.50. The minimum atomic E-state index is 0.0759. The smallest absolute Gasteiger partial charge is 0.226 e. The Morgan fingerprint density at radius 3 is 2.88 bits per heavy atom. The summed E-state index contributed by atoms with van der Waals surface area (Å²) in [6.07, 6.45) is 2.40. The molecule has 0 saturated carbocycles. The zero-order valence-corrected chi connectivity index (χ0v) is 15.2. The molecule has 1 aromatic carbocycles. The summed E-state index contributed by atoms with van der Waals surface area (Å²) in [5.41, 5.74) is 3.30. The topological polar surface area (TPSA) is 54.0 Å². The van der Waals surface area contributed by atoms with Crippen LogP contribution >= 0.6 is 11.3 Å². The highest BCUT2D eigenvalue weighted by Gasteiger charge is 2.22. The average Bonchev–Trinajstić information content (AvgIpc) is 3.05. The standard InChI is InChI=1S/C19H25N3OS/c1-3-14-4-6-15(7-5-14)19-21-16(12-24-19)10-18(23)22-17-8-9-20-11-13(17)2/h4-7,12-13,17,20H,3,8-11H2,1-2H3,(H,22,23). The fourth-order valence-electron chi connectivity index (χ4n) is 3.05. The van der Waals surface area contributed by atoms with Gasteiger partial charge in [-0.05, 0) is 37.4 Å². The highest BCUT2D eigenvalue weighted by atomic mass is 32.1. The van der Waals surface area contributed by atoms with Gasteiger partial charge in [-0.3, -0.25) is 4.79 Å². The van der Waals surface area contributed by atoms with Crippen molar-refractivity contribution in [1.82, 2.24) is 15.6 Å². The Balaban J connectivity index is 1.59. The third kappa shape index (κ3) is 4.22. The van der Waals surface area contributed by atoms with Crippen LogP contribution in [0, 0.1) is 5.92 Å². The molecular formula is C19H25N3OS. The minimum Gasteiger partial charge on any atom is -0.353 e. The van der Waals surface area contributed by atoms with Gasteiger partial charge in [0.15, 0.2) is 0 Å². The molecule has 2 atom stereocenters. The highest BCUT2D eigenvalue weighted by molar-refractivity contribution is 7.13. The molecule has 128 valence electrons. The first-order chi connectivity index (χ1) is 11.7. The molecule has 1 aliphatic heterocycles. The van der Waals surface area contributed by atoms with Crippen LogP contribution in [0.2, 0.25) is 0 Å². The van der Waals surface area contributed by atoms with Gasteiger partial charge in [0.05, 0.1) is 12.1 Å². The number of amides is 1. The largest absolute Gasteiger partial charge is 0.353 e. The van der Waals surface area contributed by atoms with E-state index in [-0.39, 0.29) is 11.9 Å². The summed E-state index contributed by atoms with van der Waals surface area (Å²) in [7, 11) is 0. The summed E-state index contributed by atoms with van der Waals surface area (Å²) in [6.45, 7) is 6.28. The van der Waals surface area contributed by atoms with Gasteiger partial charge in [-0.1, -0.05) is 38.1 Å². The number of thiazole rings is 1. The van der Waals surface area contributed by atoms with Crippen LogP contribution in [-0.4, -0.2) is 30.0 Å². The fourth-order valence-corrected chi connectivity index (χ4v) is 3.88. The van der Waals surface area contributed by atoms with E-state index in [0.717, 1.165) is 42.2 Å². The van der Waals surface area contributed by atoms with Crippen molar-refractivity contribution in [1.29, 1.82) is 0 Å². The van der Waals surface area contributed by atoms with E-state index >= 15 is 0 Å². The van der Waals surface area contributed by atoms with Crippen LogP contribution in [0.3, 0.4) is 0 Å². The van der Waals surface area contributed by atoms with Crippen LogP contribution in [0.5, 0.6) is 0 Å². The number of hydrogen-bond acceptors (Lipinski definition) is 4. The number of aryl methyl sites for hydroxylation is 1. The maximum Gasteiger partial charge on any atom is 0.226 e. The van der Waals surface area contributed by atoms with Crippen LogP contribution in [0.25, 0.3) is 10.6 Å². The van der Waals surface area contributed by atoms with Crippen LogP contribution in [0.15, 0.2) is 29.6 Å². The molecule has 4 nitrogen and oxygen atoms in total. The van der Waals surface area contributed by atoms with Gasteiger partial charge in [-0.25, -0.2) is 4.98 Å². The minimum absolute atomic E-state index is 0.0759. The van der Waals surface area contributed by atoms with E-state index in [1.54, 1.807) is 11.3 Å². The van der Waals surface area contributed by atoms with Crippen molar-refractivity contribution in [3.8, 4) is 10.6 Å². The molecule has 1 saturated heterocycles. The molecule has 2 heterocycles. The van der Waals surface area contributed by atoms with Crippen molar-refractivity contribution in [3.05, 3.63) is 40.9 Å². The van der Waals surface area contributed by atoms with Crippen LogP contribution in [-0.2, 0) is 17.6 Å². The lowest BCUT2D eigenvalue weighted by atomic mass is 9.95. The van der Waals surface area contributed by atoms with Gasteiger partial charge in [-0.2, -0.15) is 0 Å². The lowest BCUT2D eigenvalue weighted by Crippen LogP contribution is -2.48. The summed E-state index contributed by atoms with van der Waals surface area (Å²) >= 11 is 1.60. The number of carbonyl (C=O) groups excluding carboxylic acids is 1. The second kappa shape index (κ2) is 7.90. The van der Waals surface area contributed by atoms with Gasteiger partial charge in [-0.15, -0.1) is 11.3 Å². The van der Waals surface area contributed by atoms with Gasteiger partial charge < -0.3 is 10.6 Å². The number of piperidine rings is 1. The summed E-state index contributed by atoms with van der Waals surface area (Å²) < 4.78 is 0. The van der Waals surface area contributed by atoms with Crippen molar-refractivity contribution in [2.75, 3.05) is 13.1 Å². The SMILES string of the molecule is CCc1ccc(-c2nc(CC(=O)NC3CCNCC3C)cs2)cc1. The number of rotatable bonds is 5. The van der Waals surface area contributed by atoms with Crippen molar-refractivity contribution in [2.24, 2.45) is 5.92 Å². The Labute approximate surface area is 147 Å². The van der Waals surface area contributed by atoms with E-state index < -0.39 is 0 Å². The Bertz CT molecular complexity index is 680. The third-order valence-electron chi connectivity index (χ3n) is 4.63. The monoisotopic (exact) mass is 343 g/mol. The number of benzene rings is 1. The van der Waals surface area contributed by atoms with Crippen LogP contribution in [0.4, 0.5) is 0 Å². The molecule has 1 amide bonds. The van der Waals surface area contributed by atoms with Gasteiger partial charge >= 0.3 is 0 Å². The molecule has 0 spiro atoms. The van der Waals surface area contributed by atoms with Crippen LogP contribution < -0.4 is 10.6 Å². The second-order valence-electron chi connectivity index (χ2n) is 6.52. The van der Waals surface area contributed by atoms with Gasteiger partial charge in [0.25, 0.3) is 0 Å². The van der Waals surface area contributed by atoms with Gasteiger partial charge in [0.2, 0.25) is 5.91 Å². The zero-order valence-electron chi connectivity index (χ0n) is 14.3. The molecule has 0 radical (unpaired) electrons. The zero-order chi connectivity index (χ0) is 16.9. The van der Waals surface area contributed by atoms with E-state index in [4.69, 9.17) is 0 Å². The number of nitrogens with one attached hydrogen (secondary N) is 2. The van der Waals surface area contributed by atoms with Crippen molar-refractivity contribution < 1.29 is 4.79 Å². The fraction of sp³-hybridized carbons (Fsp3) is 0.474. The van der Waals surface area contributed by atoms with E-state index in [1.807, 2.05) is 5.38 Å². The van der Waals surface area contributed by atoms with Crippen LogP contribution in [0.1, 0.15) is 31.5 Å². The molecule has 3 rings (SSSR count). The molecule has 1 fully saturated rings. The molecule has 5 heteroatoms. The Morgan fingerprint density at radius 1 is 1.38 bits per heavy atom. The molecular weight excluding hydrogens is 318 g/mol.